The highest BCUT2D eigenvalue weighted by Gasteiger charge is 2.42. The average Bonchev–Trinajstić information content (AvgIpc) is 3.98. The molecule has 1 spiro atoms. The molecule has 16 heteroatoms. The minimum atomic E-state index is -4.59. The number of methoxy groups -OCH3 is 1. The van der Waals surface area contributed by atoms with Crippen LogP contribution in [0.25, 0.3) is 16.6 Å². The lowest BCUT2D eigenvalue weighted by Gasteiger charge is -2.45. The maximum atomic E-state index is 14.3. The topological polar surface area (TPSA) is 178 Å². The number of pyridine rings is 1. The van der Waals surface area contributed by atoms with E-state index in [0.717, 1.165) is 88.4 Å². The Morgan fingerprint density at radius 1 is 0.985 bits per heavy atom. The number of quaternary nitrogens is 1. The van der Waals surface area contributed by atoms with E-state index in [-0.39, 0.29) is 23.1 Å². The first-order valence-electron chi connectivity index (χ1n) is 22.8. The summed E-state index contributed by atoms with van der Waals surface area (Å²) in [6, 6.07) is 20.9. The van der Waals surface area contributed by atoms with E-state index < -0.39 is 31.4 Å². The minimum absolute atomic E-state index is 0.0144. The van der Waals surface area contributed by atoms with E-state index in [2.05, 4.69) is 37.5 Å². The van der Waals surface area contributed by atoms with Gasteiger partial charge in [-0.1, -0.05) is 36.6 Å². The van der Waals surface area contributed by atoms with Gasteiger partial charge < -0.3 is 25.1 Å². The highest BCUT2D eigenvalue weighted by molar-refractivity contribution is 7.90. The number of halogens is 1. The van der Waals surface area contributed by atoms with Gasteiger partial charge in [0.25, 0.3) is 21.6 Å². The number of hydrogen-bond acceptors (Lipinski definition) is 10. The molecule has 2 aromatic heterocycles. The lowest BCUT2D eigenvalue weighted by Crippen LogP contribution is -2.61. The molecule has 3 heterocycles. The summed E-state index contributed by atoms with van der Waals surface area (Å²) in [7, 11) is -2.88. The molecule has 3 fully saturated rings. The highest BCUT2D eigenvalue weighted by Crippen LogP contribution is 2.53. The fourth-order valence-corrected chi connectivity index (χ4v) is 11.9. The molecule has 14 nitrogen and oxygen atoms in total. The number of H-pyrrole nitrogens is 1. The number of nitrogens with one attached hydrogen (secondary N) is 4. The number of aromatic nitrogens is 2. The van der Waals surface area contributed by atoms with Crippen molar-refractivity contribution in [1.29, 1.82) is 0 Å². The third kappa shape index (κ3) is 9.80. The van der Waals surface area contributed by atoms with Gasteiger partial charge in [0.1, 0.15) is 35.1 Å². The summed E-state index contributed by atoms with van der Waals surface area (Å²) in [4.78, 5) is 33.1. The number of fused-ring (bicyclic) bond motifs is 1. The number of nitro groups is 1. The van der Waals surface area contributed by atoms with Crippen LogP contribution in [0.2, 0.25) is 5.02 Å². The van der Waals surface area contributed by atoms with Crippen LogP contribution in [-0.4, -0.2) is 81.7 Å². The van der Waals surface area contributed by atoms with Crippen LogP contribution in [0.4, 0.5) is 17.1 Å². The molecule has 4 N–H and O–H groups in total. The van der Waals surface area contributed by atoms with Gasteiger partial charge in [0.05, 0.1) is 40.8 Å². The second-order valence-electron chi connectivity index (χ2n) is 18.5. The Hall–Kier alpha value is -5.32. The molecule has 9 rings (SSSR count). The maximum Gasteiger partial charge on any atom is 0.293 e. The molecule has 2 saturated carbocycles. The Morgan fingerprint density at radius 3 is 2.49 bits per heavy atom. The largest absolute Gasteiger partial charge is 0.455 e. The Morgan fingerprint density at radius 2 is 1.75 bits per heavy atom. The SMILES string of the molecule is CO[C@H]1CC[C@H](CNc2ccc(S(=O)(=O)NC(=O)c3ccc([N+]4(CC5=C(c6ccc(Cl)cc6)CCC6(CCCC6)C5)CCNCC4)cc3Oc3cnc4[nH]ccc4c3)cc2[N+](=O)[O-])CC1. The van der Waals surface area contributed by atoms with Crippen LogP contribution in [0.5, 0.6) is 11.5 Å². The molecular weight excluding hydrogens is 866 g/mol. The number of piperazine rings is 1. The lowest BCUT2D eigenvalue weighted by molar-refractivity contribution is -0.384. The molecule has 5 aromatic rings. The normalized spacial score (nSPS) is 20.8. The Bertz CT molecular complexity index is 2700. The third-order valence-electron chi connectivity index (χ3n) is 14.5. The van der Waals surface area contributed by atoms with E-state index in [1.54, 1.807) is 25.6 Å². The van der Waals surface area contributed by atoms with Gasteiger partial charge in [-0.15, -0.1) is 0 Å². The van der Waals surface area contributed by atoms with Crippen molar-refractivity contribution in [2.24, 2.45) is 11.3 Å². The van der Waals surface area contributed by atoms with Gasteiger partial charge >= 0.3 is 0 Å². The number of rotatable bonds is 14. The van der Waals surface area contributed by atoms with E-state index in [1.165, 1.54) is 60.9 Å². The first kappa shape index (κ1) is 44.9. The standard InChI is InChI=1S/C49H56ClN7O7S/c1-63-39-11-4-33(5-12-39)30-53-44-15-13-41(28-45(44)56(59)60)65(61,62)55-48(58)43-14-10-38(27-46(43)64-40-26-35-17-21-52-47(35)54-31-40)57(24-22-51-23-25-57)32-36-29-49(18-2-3-19-49)20-16-42(36)34-6-8-37(50)9-7-34/h6-10,13-15,17,21,26-28,31,33,39,51,53H,2-5,11-12,16,18-20,22-25,29-30,32H2,1H3,(H-,52,54,55,58)/p+1/t33-,39-. The predicted molar refractivity (Wildman–Crippen MR) is 254 cm³/mol. The van der Waals surface area contributed by atoms with Gasteiger partial charge in [0, 0.05) is 61.5 Å². The molecule has 3 aromatic carbocycles. The van der Waals surface area contributed by atoms with Crippen LogP contribution < -0.4 is 24.6 Å². The van der Waals surface area contributed by atoms with Crippen molar-refractivity contribution in [3.05, 3.63) is 117 Å². The molecule has 4 aliphatic rings. The molecular formula is C49H57ClN7O7S+. The molecule has 3 aliphatic carbocycles. The number of nitro benzene ring substituents is 1. The number of anilines is 1. The molecule has 1 saturated heterocycles. The molecule has 1 amide bonds. The Kier molecular flexibility index (Phi) is 13.0. The number of sulfonamides is 1. The number of benzene rings is 3. The fourth-order valence-electron chi connectivity index (χ4n) is 10.8. The summed E-state index contributed by atoms with van der Waals surface area (Å²) in [5.74, 6) is -0.104. The van der Waals surface area contributed by atoms with Crippen LogP contribution >= 0.6 is 11.6 Å². The summed E-state index contributed by atoms with van der Waals surface area (Å²) < 4.78 is 42.7. The number of aromatic amines is 1. The van der Waals surface area contributed by atoms with Gasteiger partial charge in [-0.3, -0.25) is 19.4 Å². The van der Waals surface area contributed by atoms with Crippen LogP contribution in [-0.2, 0) is 14.8 Å². The van der Waals surface area contributed by atoms with Crippen molar-refractivity contribution < 1.29 is 27.6 Å². The number of carbonyl (C=O) groups excluding carboxylic acids is 1. The van der Waals surface area contributed by atoms with Gasteiger partial charge in [0.15, 0.2) is 0 Å². The summed E-state index contributed by atoms with van der Waals surface area (Å²) in [6.45, 7) is 4.43. The molecule has 0 unspecified atom stereocenters. The number of nitrogens with zero attached hydrogens (tertiary/aromatic N) is 3. The highest BCUT2D eigenvalue weighted by atomic mass is 35.5. The number of amides is 1. The second kappa shape index (κ2) is 18.9. The Labute approximate surface area is 384 Å². The molecule has 0 atom stereocenters. The van der Waals surface area contributed by atoms with Crippen LogP contribution in [0.1, 0.15) is 86.6 Å². The maximum absolute atomic E-state index is 14.3. The zero-order chi connectivity index (χ0) is 45.2. The van der Waals surface area contributed by atoms with E-state index in [0.29, 0.717) is 38.8 Å². The lowest BCUT2D eigenvalue weighted by atomic mass is 9.69. The van der Waals surface area contributed by atoms with E-state index in [4.69, 9.17) is 21.1 Å². The zero-order valence-electron chi connectivity index (χ0n) is 36.7. The van der Waals surface area contributed by atoms with Gasteiger partial charge in [-0.25, -0.2) is 18.1 Å². The fraction of sp³-hybridized carbons (Fsp3) is 0.429. The Balaban J connectivity index is 1.04. The van der Waals surface area contributed by atoms with Crippen molar-refractivity contribution >= 4 is 61.2 Å². The average molecular weight is 924 g/mol. The molecule has 1 aliphatic heterocycles. The zero-order valence-corrected chi connectivity index (χ0v) is 38.3. The second-order valence-corrected chi connectivity index (χ2v) is 20.6. The summed E-state index contributed by atoms with van der Waals surface area (Å²) in [5.41, 5.74) is 5.74. The smallest absolute Gasteiger partial charge is 0.293 e. The van der Waals surface area contributed by atoms with Crippen LogP contribution in [0, 0.1) is 21.4 Å². The summed E-state index contributed by atoms with van der Waals surface area (Å²) in [6.07, 6.45) is 15.4. The van der Waals surface area contributed by atoms with Crippen LogP contribution in [0.3, 0.4) is 0 Å². The van der Waals surface area contributed by atoms with Gasteiger partial charge in [0.2, 0.25) is 0 Å². The number of hydrogen-bond donors (Lipinski definition) is 4. The summed E-state index contributed by atoms with van der Waals surface area (Å²) >= 11 is 6.37. The quantitative estimate of drug-likeness (QED) is 0.0476. The first-order valence-corrected chi connectivity index (χ1v) is 24.7. The monoisotopic (exact) mass is 922 g/mol. The van der Waals surface area contributed by atoms with Gasteiger partial charge in [-0.05, 0) is 128 Å². The number of ether oxygens (including phenoxy) is 2. The van der Waals surface area contributed by atoms with Crippen molar-refractivity contribution in [2.75, 3.05) is 51.7 Å². The molecule has 342 valence electrons. The minimum Gasteiger partial charge on any atom is -0.455 e. The molecule has 0 radical (unpaired) electrons. The predicted octanol–water partition coefficient (Wildman–Crippen LogP) is 9.76. The van der Waals surface area contributed by atoms with E-state index in [1.807, 2.05) is 36.4 Å². The van der Waals surface area contributed by atoms with Crippen molar-refractivity contribution in [3.63, 3.8) is 0 Å². The van der Waals surface area contributed by atoms with E-state index >= 15 is 0 Å². The van der Waals surface area contributed by atoms with Crippen molar-refractivity contribution in [3.8, 4) is 11.5 Å². The number of allylic oxidation sites excluding steroid dienone is 1. The summed E-state index contributed by atoms with van der Waals surface area (Å²) in [5, 5.41) is 20.5. The van der Waals surface area contributed by atoms with Gasteiger partial charge in [-0.2, -0.15) is 0 Å². The molecule has 65 heavy (non-hydrogen) atoms. The molecule has 0 bridgehead atoms. The van der Waals surface area contributed by atoms with Crippen molar-refractivity contribution in [2.45, 2.75) is 81.6 Å². The van der Waals surface area contributed by atoms with E-state index in [9.17, 15) is 23.3 Å². The number of carbonyl (C=O) groups is 1. The van der Waals surface area contributed by atoms with Crippen LogP contribution in [0.15, 0.2) is 95.7 Å². The third-order valence-corrected chi connectivity index (χ3v) is 16.1. The first-order chi connectivity index (χ1) is 31.4. The van der Waals surface area contributed by atoms with Crippen molar-refractivity contribution in [1.82, 2.24) is 24.5 Å².